The van der Waals surface area contributed by atoms with E-state index in [4.69, 9.17) is 15.2 Å². The molecule has 1 saturated heterocycles. The molecule has 33 heavy (non-hydrogen) atoms. The molecule has 2 N–H and O–H groups in total. The van der Waals surface area contributed by atoms with Gasteiger partial charge in [0, 0.05) is 42.2 Å². The van der Waals surface area contributed by atoms with Crippen LogP contribution in [0.4, 0.5) is 5.69 Å². The Bertz CT molecular complexity index is 1170. The zero-order valence-electron chi connectivity index (χ0n) is 19.0. The molecule has 1 amide bonds. The number of carbonyl (C=O) groups excluding carboxylic acids is 2. The summed E-state index contributed by atoms with van der Waals surface area (Å²) in [4.78, 5) is 31.9. The Morgan fingerprint density at radius 1 is 1.03 bits per heavy atom. The summed E-state index contributed by atoms with van der Waals surface area (Å²) in [5.41, 5.74) is 9.23. The van der Waals surface area contributed by atoms with Crippen LogP contribution in [-0.2, 0) is 4.79 Å². The van der Waals surface area contributed by atoms with Gasteiger partial charge in [-0.15, -0.1) is 12.4 Å². The topological polar surface area (TPSA) is 94.8 Å². The molecule has 8 heteroatoms. The molecule has 0 spiro atoms. The number of ether oxygens (including phenoxy) is 2. The molecule has 174 valence electrons. The average molecular weight is 470 g/mol. The number of hydrogen-bond acceptors (Lipinski definition) is 6. The summed E-state index contributed by atoms with van der Waals surface area (Å²) in [6, 6.07) is 11.2. The number of nitrogens with zero attached hydrogens (tertiary/aromatic N) is 2. The number of nitrogens with two attached hydrogens (primary N) is 1. The van der Waals surface area contributed by atoms with Crippen LogP contribution in [0, 0.1) is 12.8 Å². The van der Waals surface area contributed by atoms with E-state index in [0.717, 1.165) is 16.6 Å². The van der Waals surface area contributed by atoms with E-state index in [-0.39, 0.29) is 30.0 Å². The second-order valence-electron chi connectivity index (χ2n) is 8.10. The largest absolute Gasteiger partial charge is 0.493 e. The third-order valence-electron chi connectivity index (χ3n) is 6.12. The van der Waals surface area contributed by atoms with Crippen LogP contribution in [0.5, 0.6) is 11.5 Å². The maximum Gasteiger partial charge on any atom is 0.220 e. The molecule has 1 aromatic heterocycles. The number of anilines is 1. The van der Waals surface area contributed by atoms with Gasteiger partial charge in [0.05, 0.1) is 31.0 Å². The van der Waals surface area contributed by atoms with Crippen LogP contribution in [0.25, 0.3) is 10.9 Å². The summed E-state index contributed by atoms with van der Waals surface area (Å²) in [7, 11) is 3.16. The van der Waals surface area contributed by atoms with Crippen LogP contribution in [0.3, 0.4) is 0 Å². The number of carbonyl (C=O) groups is 2. The van der Waals surface area contributed by atoms with E-state index in [0.29, 0.717) is 54.1 Å². The van der Waals surface area contributed by atoms with Crippen molar-refractivity contribution in [3.63, 3.8) is 0 Å². The average Bonchev–Trinajstić information content (AvgIpc) is 2.82. The van der Waals surface area contributed by atoms with E-state index in [9.17, 15) is 9.59 Å². The van der Waals surface area contributed by atoms with E-state index in [1.807, 2.05) is 43.3 Å². The quantitative estimate of drug-likeness (QED) is 0.550. The van der Waals surface area contributed by atoms with E-state index in [2.05, 4.69) is 9.88 Å². The first-order valence-electron chi connectivity index (χ1n) is 10.6. The summed E-state index contributed by atoms with van der Waals surface area (Å²) in [6.45, 7) is 3.23. The van der Waals surface area contributed by atoms with Crippen molar-refractivity contribution in [3.8, 4) is 11.5 Å². The van der Waals surface area contributed by atoms with Crippen LogP contribution < -0.4 is 20.1 Å². The highest BCUT2D eigenvalue weighted by Crippen LogP contribution is 2.39. The first-order chi connectivity index (χ1) is 15.4. The van der Waals surface area contributed by atoms with Gasteiger partial charge in [0.15, 0.2) is 17.3 Å². The van der Waals surface area contributed by atoms with Crippen molar-refractivity contribution >= 4 is 40.7 Å². The Labute approximate surface area is 199 Å². The fraction of sp³-hybridized carbons (Fsp3) is 0.320. The number of fused-ring (bicyclic) bond motifs is 1. The SMILES string of the molecule is COc1cc2ncc(C(=O)c3ccc(C)cc3)c(N3CCC(C(N)=O)CC3)c2cc1OC.Cl. The minimum Gasteiger partial charge on any atom is -0.493 e. The van der Waals surface area contributed by atoms with Gasteiger partial charge in [-0.1, -0.05) is 29.8 Å². The van der Waals surface area contributed by atoms with Gasteiger partial charge in [0.2, 0.25) is 5.91 Å². The second-order valence-corrected chi connectivity index (χ2v) is 8.10. The molecule has 0 radical (unpaired) electrons. The van der Waals surface area contributed by atoms with Crippen molar-refractivity contribution in [2.45, 2.75) is 19.8 Å². The smallest absolute Gasteiger partial charge is 0.220 e. The first kappa shape index (κ1) is 24.3. The molecule has 0 unspecified atom stereocenters. The zero-order chi connectivity index (χ0) is 22.8. The number of rotatable bonds is 6. The number of aryl methyl sites for hydroxylation is 1. The molecule has 4 rings (SSSR count). The predicted octanol–water partition coefficient (Wildman–Crippen LogP) is 3.91. The number of pyridine rings is 1. The monoisotopic (exact) mass is 469 g/mol. The molecular weight excluding hydrogens is 442 g/mol. The van der Waals surface area contributed by atoms with Crippen molar-refractivity contribution in [1.82, 2.24) is 4.98 Å². The van der Waals surface area contributed by atoms with Crippen molar-refractivity contribution < 1.29 is 19.1 Å². The van der Waals surface area contributed by atoms with Crippen molar-refractivity contribution in [2.24, 2.45) is 11.7 Å². The lowest BCUT2D eigenvalue weighted by molar-refractivity contribution is -0.122. The maximum absolute atomic E-state index is 13.5. The zero-order valence-corrected chi connectivity index (χ0v) is 19.8. The molecule has 0 saturated carbocycles. The van der Waals surface area contributed by atoms with Gasteiger partial charge in [0.1, 0.15) is 0 Å². The van der Waals surface area contributed by atoms with E-state index in [1.54, 1.807) is 20.4 Å². The van der Waals surface area contributed by atoms with Crippen LogP contribution >= 0.6 is 12.4 Å². The van der Waals surface area contributed by atoms with Gasteiger partial charge in [0.25, 0.3) is 0 Å². The Morgan fingerprint density at radius 3 is 2.21 bits per heavy atom. The predicted molar refractivity (Wildman–Crippen MR) is 131 cm³/mol. The highest BCUT2D eigenvalue weighted by atomic mass is 35.5. The van der Waals surface area contributed by atoms with Crippen LogP contribution in [-0.4, -0.2) is 44.0 Å². The molecule has 7 nitrogen and oxygen atoms in total. The number of amides is 1. The summed E-state index contributed by atoms with van der Waals surface area (Å²) in [5.74, 6) is 0.622. The molecule has 1 aliphatic heterocycles. The highest BCUT2D eigenvalue weighted by Gasteiger charge is 2.28. The van der Waals surface area contributed by atoms with E-state index >= 15 is 0 Å². The van der Waals surface area contributed by atoms with Gasteiger partial charge < -0.3 is 20.1 Å². The van der Waals surface area contributed by atoms with Crippen molar-refractivity contribution in [3.05, 3.63) is 59.3 Å². The van der Waals surface area contributed by atoms with Gasteiger partial charge in [-0.3, -0.25) is 14.6 Å². The molecule has 1 aliphatic rings. The lowest BCUT2D eigenvalue weighted by Gasteiger charge is -2.34. The fourth-order valence-corrected chi connectivity index (χ4v) is 4.26. The van der Waals surface area contributed by atoms with Crippen LogP contribution in [0.15, 0.2) is 42.6 Å². The summed E-state index contributed by atoms with van der Waals surface area (Å²) in [6.07, 6.45) is 2.92. The number of benzene rings is 2. The normalized spacial score (nSPS) is 14.0. The first-order valence-corrected chi connectivity index (χ1v) is 10.6. The lowest BCUT2D eigenvalue weighted by Crippen LogP contribution is -2.39. The second kappa shape index (κ2) is 10.1. The Kier molecular flexibility index (Phi) is 7.43. The molecule has 2 aromatic carbocycles. The molecule has 3 aromatic rings. The maximum atomic E-state index is 13.5. The van der Waals surface area contributed by atoms with E-state index < -0.39 is 0 Å². The summed E-state index contributed by atoms with van der Waals surface area (Å²) < 4.78 is 10.9. The number of halogens is 1. The molecule has 0 bridgehead atoms. The Balaban J connectivity index is 0.00000306. The Morgan fingerprint density at radius 2 is 1.64 bits per heavy atom. The number of hydrogen-bond donors (Lipinski definition) is 1. The molecule has 0 aliphatic carbocycles. The summed E-state index contributed by atoms with van der Waals surface area (Å²) >= 11 is 0. The minimum absolute atomic E-state index is 0. The van der Waals surface area contributed by atoms with Crippen LogP contribution in [0.2, 0.25) is 0 Å². The van der Waals surface area contributed by atoms with Gasteiger partial charge in [-0.25, -0.2) is 0 Å². The summed E-state index contributed by atoms with van der Waals surface area (Å²) in [5, 5.41) is 0.804. The number of ketones is 1. The Hall–Kier alpha value is -3.32. The van der Waals surface area contributed by atoms with E-state index in [1.165, 1.54) is 0 Å². The third-order valence-corrected chi connectivity index (χ3v) is 6.12. The van der Waals surface area contributed by atoms with Crippen molar-refractivity contribution in [2.75, 3.05) is 32.2 Å². The lowest BCUT2D eigenvalue weighted by atomic mass is 9.93. The number of primary amides is 1. The number of piperidine rings is 1. The van der Waals surface area contributed by atoms with Gasteiger partial charge in [-0.05, 0) is 25.8 Å². The number of methoxy groups -OCH3 is 2. The standard InChI is InChI=1S/C25H27N3O4.ClH/c1-15-4-6-16(7-5-15)24(29)19-14-27-20-13-22(32-3)21(31-2)12-18(20)23(19)28-10-8-17(9-11-28)25(26)30;/h4-7,12-14,17H,8-11H2,1-3H3,(H2,26,30);1H. The van der Waals surface area contributed by atoms with Gasteiger partial charge >= 0.3 is 0 Å². The fourth-order valence-electron chi connectivity index (χ4n) is 4.26. The van der Waals surface area contributed by atoms with Crippen molar-refractivity contribution in [1.29, 1.82) is 0 Å². The van der Waals surface area contributed by atoms with Gasteiger partial charge in [-0.2, -0.15) is 0 Å². The highest BCUT2D eigenvalue weighted by molar-refractivity contribution is 6.16. The molecule has 2 heterocycles. The third kappa shape index (κ3) is 4.73. The molecule has 0 atom stereocenters. The van der Waals surface area contributed by atoms with Crippen LogP contribution in [0.1, 0.15) is 34.3 Å². The number of aromatic nitrogens is 1. The minimum atomic E-state index is -0.272. The molecule has 1 fully saturated rings. The molecular formula is C25H28ClN3O4.